The van der Waals surface area contributed by atoms with Crippen molar-refractivity contribution in [3.8, 4) is 33.4 Å². The van der Waals surface area contributed by atoms with E-state index >= 15 is 0 Å². The second-order valence-corrected chi connectivity index (χ2v) is 18.8. The van der Waals surface area contributed by atoms with Crippen molar-refractivity contribution in [2.24, 2.45) is 23.7 Å². The van der Waals surface area contributed by atoms with Crippen molar-refractivity contribution in [3.63, 3.8) is 0 Å². The summed E-state index contributed by atoms with van der Waals surface area (Å²) in [6, 6.07) is 76.2. The van der Waals surface area contributed by atoms with E-state index in [0.717, 1.165) is 11.6 Å². The smallest absolute Gasteiger partial charge is 0.0719 e. The molecule has 4 aliphatic carbocycles. The first-order chi connectivity index (χ1) is 30.6. The maximum atomic E-state index is 2.70. The molecule has 8 aromatic carbocycles. The van der Waals surface area contributed by atoms with Gasteiger partial charge in [0.05, 0.1) is 11.1 Å². The van der Waals surface area contributed by atoms with E-state index in [9.17, 15) is 0 Å². The number of rotatable bonds is 6. The van der Waals surface area contributed by atoms with Crippen molar-refractivity contribution in [1.29, 1.82) is 0 Å². The lowest BCUT2D eigenvalue weighted by molar-refractivity contribution is 0.0180. The maximum Gasteiger partial charge on any atom is 0.0719 e. The Morgan fingerprint density at radius 2 is 0.903 bits per heavy atom. The first-order valence-corrected chi connectivity index (χ1v) is 23.1. The third kappa shape index (κ3) is 5.33. The molecule has 62 heavy (non-hydrogen) atoms. The Balaban J connectivity index is 1.17. The van der Waals surface area contributed by atoms with Crippen LogP contribution in [-0.2, 0) is 10.8 Å². The highest BCUT2D eigenvalue weighted by Gasteiger charge is 2.62. The molecule has 0 aliphatic heterocycles. The van der Waals surface area contributed by atoms with Gasteiger partial charge in [-0.25, -0.2) is 0 Å². The summed E-state index contributed by atoms with van der Waals surface area (Å²) in [5.74, 6) is 2.60. The van der Waals surface area contributed by atoms with Crippen LogP contribution in [0.1, 0.15) is 79.3 Å². The van der Waals surface area contributed by atoms with Crippen molar-refractivity contribution >= 4 is 17.1 Å². The minimum absolute atomic E-state index is 0.0976. The number of hydrogen-bond donors (Lipinski definition) is 0. The Hall–Kier alpha value is -6.44. The predicted octanol–water partition coefficient (Wildman–Crippen LogP) is 15.9. The second kappa shape index (κ2) is 14.6. The molecule has 0 amide bonds. The largest absolute Gasteiger partial charge is 0.310 e. The molecule has 0 heterocycles. The highest BCUT2D eigenvalue weighted by atomic mass is 15.1. The van der Waals surface area contributed by atoms with Crippen LogP contribution in [0, 0.1) is 23.7 Å². The van der Waals surface area contributed by atoms with Gasteiger partial charge in [-0.2, -0.15) is 0 Å². The molecule has 302 valence electrons. The van der Waals surface area contributed by atoms with Gasteiger partial charge in [-0.15, -0.1) is 0 Å². The van der Waals surface area contributed by atoms with Gasteiger partial charge in [-0.1, -0.05) is 190 Å². The van der Waals surface area contributed by atoms with Crippen LogP contribution < -0.4 is 4.90 Å². The van der Waals surface area contributed by atoms with E-state index in [1.807, 2.05) is 0 Å². The average molecular weight is 800 g/mol. The van der Waals surface area contributed by atoms with Crippen molar-refractivity contribution in [1.82, 2.24) is 0 Å². The fourth-order valence-corrected chi connectivity index (χ4v) is 13.5. The van der Waals surface area contributed by atoms with Crippen LogP contribution in [-0.4, -0.2) is 0 Å². The summed E-state index contributed by atoms with van der Waals surface area (Å²) in [6.07, 6.45) is 6.38. The first kappa shape index (κ1) is 37.3. The standard InChI is InChI=1S/C61H53N/c1-3-42-38-46-36-41(2)37-47(39-42)60(46)55-27-15-16-28-56(55)61(53-25-13-10-23-51(53)52-24-11-14-26-54(52)61)57-35-34-49(40-58(57)60)62(48-32-30-44(31-33-48)43-18-6-4-7-19-43)59-29-17-12-22-50(59)45-20-8-5-9-21-45/h4-35,40-42,46-47H,3,36-39H2,1-2H3/t41-,42+,46+,47-,60?. The Labute approximate surface area is 367 Å². The van der Waals surface area contributed by atoms with Gasteiger partial charge in [-0.3, -0.25) is 0 Å². The molecular weight excluding hydrogens is 747 g/mol. The van der Waals surface area contributed by atoms with E-state index in [4.69, 9.17) is 0 Å². The molecule has 1 nitrogen and oxygen atoms in total. The quantitative estimate of drug-likeness (QED) is 0.162. The highest BCUT2D eigenvalue weighted by Crippen LogP contribution is 2.69. The Bertz CT molecular complexity index is 2880. The molecule has 1 unspecified atom stereocenters. The molecule has 8 aromatic rings. The van der Waals surface area contributed by atoms with Crippen LogP contribution in [0.4, 0.5) is 17.1 Å². The van der Waals surface area contributed by atoms with E-state index in [-0.39, 0.29) is 5.41 Å². The maximum absolute atomic E-state index is 2.70. The molecule has 12 rings (SSSR count). The predicted molar refractivity (Wildman–Crippen MR) is 258 cm³/mol. The highest BCUT2D eigenvalue weighted by molar-refractivity contribution is 5.92. The lowest BCUT2D eigenvalue weighted by Gasteiger charge is -2.62. The number of fused-ring (bicyclic) bond motifs is 9. The minimum Gasteiger partial charge on any atom is -0.310 e. The molecule has 2 saturated carbocycles. The zero-order valence-electron chi connectivity index (χ0n) is 35.8. The molecule has 1 heteroatoms. The van der Waals surface area contributed by atoms with Crippen LogP contribution in [0.2, 0.25) is 0 Å². The van der Waals surface area contributed by atoms with Gasteiger partial charge >= 0.3 is 0 Å². The molecular formula is C61H53N. The normalized spacial score (nSPS) is 22.4. The summed E-state index contributed by atoms with van der Waals surface area (Å²) in [4.78, 5) is 2.56. The molecule has 0 aromatic heterocycles. The van der Waals surface area contributed by atoms with Crippen LogP contribution in [0.25, 0.3) is 33.4 Å². The molecule has 2 spiro atoms. The van der Waals surface area contributed by atoms with E-state index in [2.05, 4.69) is 219 Å². The Kier molecular flexibility index (Phi) is 8.79. The number of benzene rings is 8. The lowest BCUT2D eigenvalue weighted by atomic mass is 9.41. The number of para-hydroxylation sites is 1. The summed E-state index contributed by atoms with van der Waals surface area (Å²) in [5.41, 5.74) is 19.6. The van der Waals surface area contributed by atoms with Crippen LogP contribution in [0.15, 0.2) is 200 Å². The number of nitrogens with zero attached hydrogens (tertiary/aromatic N) is 1. The lowest BCUT2D eigenvalue weighted by Crippen LogP contribution is -2.56. The van der Waals surface area contributed by atoms with E-state index in [0.29, 0.717) is 17.8 Å². The Morgan fingerprint density at radius 1 is 0.419 bits per heavy atom. The average Bonchev–Trinajstić information content (AvgIpc) is 3.62. The van der Waals surface area contributed by atoms with Gasteiger partial charge in [0, 0.05) is 22.4 Å². The monoisotopic (exact) mass is 799 g/mol. The zero-order valence-corrected chi connectivity index (χ0v) is 35.8. The SMILES string of the molecule is CC[C@@H]1C[C@H]2C[C@H](C)C[C@@H](C1)C21c2ccccc2C2(c3ccccc3-c3ccccc32)c2ccc(N(c3ccc(-c4ccccc4)cc3)c3ccccc3-c3ccccc3)cc21. The molecule has 0 radical (unpaired) electrons. The van der Waals surface area contributed by atoms with Gasteiger partial charge in [0.25, 0.3) is 0 Å². The third-order valence-electron chi connectivity index (χ3n) is 15.8. The summed E-state index contributed by atoms with van der Waals surface area (Å²) < 4.78 is 0. The summed E-state index contributed by atoms with van der Waals surface area (Å²) in [5, 5.41) is 0. The van der Waals surface area contributed by atoms with Crippen molar-refractivity contribution in [2.45, 2.75) is 56.8 Å². The molecule has 0 saturated heterocycles. The van der Waals surface area contributed by atoms with Gasteiger partial charge in [-0.05, 0) is 141 Å². The van der Waals surface area contributed by atoms with Crippen molar-refractivity contribution < 1.29 is 0 Å². The van der Waals surface area contributed by atoms with Gasteiger partial charge < -0.3 is 4.90 Å². The van der Waals surface area contributed by atoms with Gasteiger partial charge in [0.1, 0.15) is 0 Å². The van der Waals surface area contributed by atoms with Crippen LogP contribution in [0.5, 0.6) is 0 Å². The Morgan fingerprint density at radius 3 is 1.53 bits per heavy atom. The van der Waals surface area contributed by atoms with Crippen molar-refractivity contribution in [2.75, 3.05) is 4.90 Å². The van der Waals surface area contributed by atoms with E-state index in [1.54, 1.807) is 11.1 Å². The minimum atomic E-state index is -0.422. The summed E-state index contributed by atoms with van der Waals surface area (Å²) >= 11 is 0. The molecule has 4 aliphatic rings. The topological polar surface area (TPSA) is 3.24 Å². The van der Waals surface area contributed by atoms with Gasteiger partial charge in [0.2, 0.25) is 0 Å². The summed E-state index contributed by atoms with van der Waals surface area (Å²) in [7, 11) is 0. The molecule has 2 bridgehead atoms. The van der Waals surface area contributed by atoms with E-state index < -0.39 is 5.41 Å². The van der Waals surface area contributed by atoms with E-state index in [1.165, 1.54) is 99.1 Å². The first-order valence-electron chi connectivity index (χ1n) is 23.1. The van der Waals surface area contributed by atoms with Gasteiger partial charge in [0.15, 0.2) is 0 Å². The molecule has 2 fully saturated rings. The number of anilines is 3. The van der Waals surface area contributed by atoms with Crippen LogP contribution in [0.3, 0.4) is 0 Å². The fraction of sp³-hybridized carbons (Fsp3) is 0.213. The fourth-order valence-electron chi connectivity index (χ4n) is 13.5. The summed E-state index contributed by atoms with van der Waals surface area (Å²) in [6.45, 7) is 4.98. The molecule has 0 N–H and O–H groups in total. The third-order valence-corrected chi connectivity index (χ3v) is 15.8. The van der Waals surface area contributed by atoms with Crippen LogP contribution >= 0.6 is 0 Å². The number of hydrogen-bond acceptors (Lipinski definition) is 1. The zero-order chi connectivity index (χ0) is 41.4. The van der Waals surface area contributed by atoms with Crippen molar-refractivity contribution in [3.05, 3.63) is 234 Å². The molecule has 5 atom stereocenters. The second-order valence-electron chi connectivity index (χ2n) is 18.8.